The quantitative estimate of drug-likeness (QED) is 0.758. The smallest absolute Gasteiger partial charge is 0.276 e. The van der Waals surface area contributed by atoms with Crippen LogP contribution < -0.4 is 4.90 Å². The molecule has 2 aliphatic heterocycles. The molecular weight excluding hydrogens is 302 g/mol. The summed E-state index contributed by atoms with van der Waals surface area (Å²) in [4.78, 5) is 26.9. The predicted molar refractivity (Wildman–Crippen MR) is 91.4 cm³/mol. The summed E-state index contributed by atoms with van der Waals surface area (Å²) in [5.74, 6) is -0.0873. The van der Waals surface area contributed by atoms with Gasteiger partial charge in [0.25, 0.3) is 5.91 Å². The van der Waals surface area contributed by atoms with Crippen LogP contribution >= 0.6 is 0 Å². The zero-order chi connectivity index (χ0) is 16.9. The van der Waals surface area contributed by atoms with Crippen LogP contribution in [0.3, 0.4) is 0 Å². The second-order valence-electron chi connectivity index (χ2n) is 6.33. The highest BCUT2D eigenvalue weighted by Gasteiger charge is 2.57. The molecule has 2 aromatic rings. The number of rotatable bonds is 1. The Hall–Kier alpha value is -2.88. The molecule has 4 rings (SSSR count). The summed E-state index contributed by atoms with van der Waals surface area (Å²) < 4.78 is 5.99. The lowest BCUT2D eigenvalue weighted by Crippen LogP contribution is -2.38. The highest BCUT2D eigenvalue weighted by Crippen LogP contribution is 2.49. The van der Waals surface area contributed by atoms with E-state index < -0.39 is 5.60 Å². The number of benzene rings is 2. The summed E-state index contributed by atoms with van der Waals surface area (Å²) in [6.45, 7) is 2.01. The van der Waals surface area contributed by atoms with Crippen molar-refractivity contribution in [3.63, 3.8) is 0 Å². The Morgan fingerprint density at radius 2 is 1.79 bits per heavy atom. The van der Waals surface area contributed by atoms with Crippen molar-refractivity contribution in [1.29, 1.82) is 0 Å². The maximum absolute atomic E-state index is 12.8. The third-order valence-corrected chi connectivity index (χ3v) is 4.69. The average Bonchev–Trinajstić information content (AvgIpc) is 3.02. The molecule has 1 unspecified atom stereocenters. The van der Waals surface area contributed by atoms with Crippen molar-refractivity contribution in [2.45, 2.75) is 18.9 Å². The van der Waals surface area contributed by atoms with E-state index in [1.54, 1.807) is 18.0 Å². The van der Waals surface area contributed by atoms with Crippen LogP contribution in [0.25, 0.3) is 6.08 Å². The van der Waals surface area contributed by atoms with Crippen molar-refractivity contribution >= 4 is 23.5 Å². The molecule has 2 heterocycles. The van der Waals surface area contributed by atoms with Gasteiger partial charge in [-0.15, -0.1) is 0 Å². The van der Waals surface area contributed by atoms with Crippen molar-refractivity contribution in [2.75, 3.05) is 11.9 Å². The fourth-order valence-corrected chi connectivity index (χ4v) is 3.39. The number of ether oxygens (including phenoxy) is 1. The van der Waals surface area contributed by atoms with E-state index in [2.05, 4.69) is 0 Å². The van der Waals surface area contributed by atoms with Crippen LogP contribution in [0.2, 0.25) is 0 Å². The van der Waals surface area contributed by atoms with Gasteiger partial charge in [0.05, 0.1) is 12.1 Å². The van der Waals surface area contributed by atoms with E-state index in [4.69, 9.17) is 4.74 Å². The molecule has 0 radical (unpaired) electrons. The van der Waals surface area contributed by atoms with E-state index in [1.807, 2.05) is 55.5 Å². The first-order valence-corrected chi connectivity index (χ1v) is 7.89. The summed E-state index contributed by atoms with van der Waals surface area (Å²) in [6, 6.07) is 15.3. The molecule has 1 atom stereocenters. The Bertz CT molecular complexity index is 882. The highest BCUT2D eigenvalue weighted by atomic mass is 16.5. The second kappa shape index (κ2) is 5.06. The minimum absolute atomic E-state index is 0.0465. The number of aryl methyl sites for hydroxylation is 1. The molecule has 0 saturated carbocycles. The van der Waals surface area contributed by atoms with Gasteiger partial charge in [0.2, 0.25) is 11.4 Å². The molecule has 120 valence electrons. The molecule has 0 N–H and O–H groups in total. The number of hydrogen-bond donors (Lipinski definition) is 0. The van der Waals surface area contributed by atoms with E-state index >= 15 is 0 Å². The number of hydrogen-bond acceptors (Lipinski definition) is 3. The van der Waals surface area contributed by atoms with Crippen molar-refractivity contribution in [2.24, 2.45) is 0 Å². The lowest BCUT2D eigenvalue weighted by molar-refractivity contribution is -0.135. The van der Waals surface area contributed by atoms with Gasteiger partial charge in [-0.25, -0.2) is 0 Å². The molecule has 0 aliphatic carbocycles. The largest absolute Gasteiger partial charge is 0.468 e. The zero-order valence-electron chi connectivity index (χ0n) is 13.6. The summed E-state index contributed by atoms with van der Waals surface area (Å²) in [5.41, 5.74) is 2.38. The van der Waals surface area contributed by atoms with Gasteiger partial charge in [-0.05, 0) is 24.6 Å². The Morgan fingerprint density at radius 1 is 1.08 bits per heavy atom. The number of ketones is 1. The van der Waals surface area contributed by atoms with E-state index in [0.29, 0.717) is 0 Å². The standard InChI is InChI=1S/C20H17NO3/c1-13-7-9-14(10-8-13)11-18-17(22)12-20(24-18)15-5-3-4-6-16(15)21(2)19(20)23/h3-11H,12H2,1-2H3/b18-11-. The van der Waals surface area contributed by atoms with Crippen LogP contribution in [0.1, 0.15) is 23.1 Å². The van der Waals surface area contributed by atoms with Gasteiger partial charge in [0.15, 0.2) is 5.76 Å². The number of Topliss-reactive ketones (excluding diaryl/α,β-unsaturated/α-hetero) is 1. The third-order valence-electron chi connectivity index (χ3n) is 4.69. The first kappa shape index (κ1) is 14.7. The molecule has 1 spiro atoms. The zero-order valence-corrected chi connectivity index (χ0v) is 13.6. The monoisotopic (exact) mass is 319 g/mol. The van der Waals surface area contributed by atoms with Crippen molar-refractivity contribution < 1.29 is 14.3 Å². The van der Waals surface area contributed by atoms with Gasteiger partial charge >= 0.3 is 0 Å². The number of fused-ring (bicyclic) bond motifs is 2. The van der Waals surface area contributed by atoms with Crippen LogP contribution in [0.15, 0.2) is 54.3 Å². The van der Waals surface area contributed by atoms with Crippen LogP contribution in [0.4, 0.5) is 5.69 Å². The SMILES string of the molecule is Cc1ccc(/C=C2\OC3(CC2=O)C(=O)N(C)c2ccccc23)cc1. The summed E-state index contributed by atoms with van der Waals surface area (Å²) in [5, 5.41) is 0. The molecule has 1 saturated heterocycles. The maximum atomic E-state index is 12.8. The van der Waals surface area contributed by atoms with Gasteiger partial charge in [0.1, 0.15) is 0 Å². The first-order valence-electron chi connectivity index (χ1n) is 7.89. The lowest BCUT2D eigenvalue weighted by Gasteiger charge is -2.21. The predicted octanol–water partition coefficient (Wildman–Crippen LogP) is 3.20. The van der Waals surface area contributed by atoms with E-state index in [9.17, 15) is 9.59 Å². The topological polar surface area (TPSA) is 46.6 Å². The van der Waals surface area contributed by atoms with Crippen molar-refractivity contribution in [3.05, 3.63) is 71.0 Å². The number of likely N-dealkylation sites (N-methyl/N-ethyl adjacent to an activating group) is 1. The van der Waals surface area contributed by atoms with Crippen LogP contribution in [-0.2, 0) is 19.9 Å². The molecule has 24 heavy (non-hydrogen) atoms. The van der Waals surface area contributed by atoms with Crippen molar-refractivity contribution in [3.8, 4) is 0 Å². The minimum atomic E-state index is -1.21. The Morgan fingerprint density at radius 3 is 2.54 bits per heavy atom. The highest BCUT2D eigenvalue weighted by molar-refractivity contribution is 6.13. The summed E-state index contributed by atoms with van der Waals surface area (Å²) in [6.07, 6.45) is 1.76. The number of anilines is 1. The molecule has 0 aromatic heterocycles. The van der Waals surface area contributed by atoms with Crippen LogP contribution in [-0.4, -0.2) is 18.7 Å². The van der Waals surface area contributed by atoms with Gasteiger partial charge in [0, 0.05) is 12.6 Å². The van der Waals surface area contributed by atoms with Gasteiger partial charge < -0.3 is 9.64 Å². The van der Waals surface area contributed by atoms with E-state index in [0.717, 1.165) is 22.4 Å². The summed E-state index contributed by atoms with van der Waals surface area (Å²) >= 11 is 0. The molecule has 4 heteroatoms. The second-order valence-corrected chi connectivity index (χ2v) is 6.33. The van der Waals surface area contributed by atoms with E-state index in [1.165, 1.54) is 0 Å². The molecule has 0 bridgehead atoms. The maximum Gasteiger partial charge on any atom is 0.276 e. The Balaban J connectivity index is 1.76. The molecule has 1 amide bonds. The van der Waals surface area contributed by atoms with E-state index in [-0.39, 0.29) is 23.9 Å². The van der Waals surface area contributed by atoms with Gasteiger partial charge in [-0.3, -0.25) is 9.59 Å². The molecular formula is C20H17NO3. The number of nitrogens with zero attached hydrogens (tertiary/aromatic N) is 1. The normalized spacial score (nSPS) is 23.9. The number of para-hydroxylation sites is 1. The number of carbonyl (C=O) groups is 2. The molecule has 2 aromatic carbocycles. The third kappa shape index (κ3) is 1.99. The van der Waals surface area contributed by atoms with Crippen LogP contribution in [0, 0.1) is 6.92 Å². The summed E-state index contributed by atoms with van der Waals surface area (Å²) in [7, 11) is 1.71. The first-order chi connectivity index (χ1) is 11.5. The fourth-order valence-electron chi connectivity index (χ4n) is 3.39. The molecule has 1 fully saturated rings. The Labute approximate surface area is 140 Å². The number of amides is 1. The molecule has 2 aliphatic rings. The number of allylic oxidation sites excluding steroid dienone is 1. The van der Waals surface area contributed by atoms with Gasteiger partial charge in [-0.1, -0.05) is 48.0 Å². The van der Waals surface area contributed by atoms with Crippen LogP contribution in [0.5, 0.6) is 0 Å². The fraction of sp³-hybridized carbons (Fsp3) is 0.200. The number of carbonyl (C=O) groups excluding carboxylic acids is 2. The minimum Gasteiger partial charge on any atom is -0.468 e. The lowest BCUT2D eigenvalue weighted by atomic mass is 9.92. The Kier molecular flexibility index (Phi) is 3.10. The van der Waals surface area contributed by atoms with Gasteiger partial charge in [-0.2, -0.15) is 0 Å². The average molecular weight is 319 g/mol. The molecule has 4 nitrogen and oxygen atoms in total. The van der Waals surface area contributed by atoms with Crippen molar-refractivity contribution in [1.82, 2.24) is 0 Å².